The molecular formula is C17H26N2O2. The van der Waals surface area contributed by atoms with E-state index in [0.29, 0.717) is 26.2 Å². The molecule has 4 nitrogen and oxygen atoms in total. The van der Waals surface area contributed by atoms with E-state index in [0.717, 1.165) is 18.8 Å². The highest BCUT2D eigenvalue weighted by atomic mass is 16.5. The quantitative estimate of drug-likeness (QED) is 0.927. The van der Waals surface area contributed by atoms with Crippen LogP contribution in [0.25, 0.3) is 0 Å². The number of carbonyl (C=O) groups excluding carboxylic acids is 1. The summed E-state index contributed by atoms with van der Waals surface area (Å²) in [4.78, 5) is 14.0. The molecule has 1 aliphatic rings. The molecular weight excluding hydrogens is 264 g/mol. The van der Waals surface area contributed by atoms with E-state index in [-0.39, 0.29) is 11.3 Å². The first-order valence-corrected chi connectivity index (χ1v) is 7.67. The van der Waals surface area contributed by atoms with Crippen LogP contribution in [0.15, 0.2) is 24.3 Å². The fraction of sp³-hybridized carbons (Fsp3) is 0.588. The van der Waals surface area contributed by atoms with Gasteiger partial charge in [0.1, 0.15) is 0 Å². The first-order valence-electron chi connectivity index (χ1n) is 7.67. The molecule has 21 heavy (non-hydrogen) atoms. The summed E-state index contributed by atoms with van der Waals surface area (Å²) in [5, 5.41) is 3.41. The normalized spacial score (nSPS) is 15.9. The van der Waals surface area contributed by atoms with Crippen molar-refractivity contribution in [2.24, 2.45) is 0 Å². The monoisotopic (exact) mass is 290 g/mol. The van der Waals surface area contributed by atoms with Gasteiger partial charge in [0.15, 0.2) is 0 Å². The molecule has 1 heterocycles. The highest BCUT2D eigenvalue weighted by molar-refractivity contribution is 5.76. The van der Waals surface area contributed by atoms with Crippen molar-refractivity contribution in [3.8, 4) is 0 Å². The third-order valence-corrected chi connectivity index (χ3v) is 3.75. The lowest BCUT2D eigenvalue weighted by Gasteiger charge is -2.27. The average molecular weight is 290 g/mol. The molecule has 1 aromatic rings. The smallest absolute Gasteiger partial charge is 0.224 e. The van der Waals surface area contributed by atoms with Gasteiger partial charge in [-0.1, -0.05) is 39.0 Å². The molecule has 2 rings (SSSR count). The number of rotatable bonds is 4. The van der Waals surface area contributed by atoms with Crippen molar-refractivity contribution in [3.63, 3.8) is 0 Å². The predicted molar refractivity (Wildman–Crippen MR) is 85.6 cm³/mol. The van der Waals surface area contributed by atoms with Crippen molar-refractivity contribution in [1.29, 1.82) is 0 Å². The maximum atomic E-state index is 12.1. The van der Waals surface area contributed by atoms with Gasteiger partial charge in [-0.3, -0.25) is 4.79 Å². The molecule has 1 N–H and O–H groups in total. The van der Waals surface area contributed by atoms with Gasteiger partial charge in [0.05, 0.1) is 13.2 Å². The van der Waals surface area contributed by atoms with Crippen molar-refractivity contribution < 1.29 is 9.53 Å². The number of benzene rings is 1. The van der Waals surface area contributed by atoms with Gasteiger partial charge in [0.25, 0.3) is 0 Å². The maximum Gasteiger partial charge on any atom is 0.224 e. The van der Waals surface area contributed by atoms with Gasteiger partial charge >= 0.3 is 0 Å². The number of carbonyl (C=O) groups is 1. The Balaban J connectivity index is 1.87. The van der Waals surface area contributed by atoms with Crippen LogP contribution in [0.1, 0.15) is 32.8 Å². The summed E-state index contributed by atoms with van der Waals surface area (Å²) in [7, 11) is 0. The van der Waals surface area contributed by atoms with Crippen molar-refractivity contribution in [1.82, 2.24) is 4.90 Å². The molecule has 0 spiro atoms. The number of para-hydroxylation sites is 1. The van der Waals surface area contributed by atoms with Gasteiger partial charge in [-0.25, -0.2) is 0 Å². The molecule has 0 saturated carbocycles. The van der Waals surface area contributed by atoms with E-state index >= 15 is 0 Å². The maximum absolute atomic E-state index is 12.1. The summed E-state index contributed by atoms with van der Waals surface area (Å²) >= 11 is 0. The summed E-state index contributed by atoms with van der Waals surface area (Å²) < 4.78 is 5.27. The summed E-state index contributed by atoms with van der Waals surface area (Å²) in [6.45, 7) is 10.0. The molecule has 1 aromatic carbocycles. The van der Waals surface area contributed by atoms with Crippen LogP contribution < -0.4 is 5.32 Å². The number of nitrogens with zero attached hydrogens (tertiary/aromatic N) is 1. The summed E-state index contributed by atoms with van der Waals surface area (Å²) in [5.41, 5.74) is 2.50. The number of nitrogens with one attached hydrogen (secondary N) is 1. The minimum absolute atomic E-state index is 0.0951. The van der Waals surface area contributed by atoms with E-state index in [1.165, 1.54) is 5.56 Å². The molecule has 1 amide bonds. The lowest BCUT2D eigenvalue weighted by Crippen LogP contribution is -2.41. The van der Waals surface area contributed by atoms with Crippen LogP contribution in [0.2, 0.25) is 0 Å². The van der Waals surface area contributed by atoms with E-state index < -0.39 is 0 Å². The Kier molecular flexibility index (Phi) is 5.23. The summed E-state index contributed by atoms with van der Waals surface area (Å²) in [5.74, 6) is 0.207. The Morgan fingerprint density at radius 1 is 1.24 bits per heavy atom. The number of ether oxygens (including phenoxy) is 1. The van der Waals surface area contributed by atoms with Gasteiger partial charge in [0.2, 0.25) is 5.91 Å². The Hall–Kier alpha value is -1.55. The average Bonchev–Trinajstić information content (AvgIpc) is 2.47. The number of anilines is 1. The number of hydrogen-bond donors (Lipinski definition) is 1. The van der Waals surface area contributed by atoms with Crippen molar-refractivity contribution in [2.75, 3.05) is 38.2 Å². The zero-order valence-electron chi connectivity index (χ0n) is 13.3. The second kappa shape index (κ2) is 6.94. The molecule has 4 heteroatoms. The SMILES string of the molecule is CC(C)(C)c1ccccc1NCCC(=O)N1CCOCC1. The summed E-state index contributed by atoms with van der Waals surface area (Å²) in [6.07, 6.45) is 0.526. The zero-order chi connectivity index (χ0) is 15.3. The fourth-order valence-electron chi connectivity index (χ4n) is 2.57. The molecule has 0 aliphatic carbocycles. The van der Waals surface area contributed by atoms with Gasteiger partial charge in [-0.05, 0) is 17.0 Å². The standard InChI is InChI=1S/C17H26N2O2/c1-17(2,3)14-6-4-5-7-15(14)18-9-8-16(20)19-10-12-21-13-11-19/h4-7,18H,8-13H2,1-3H3. The molecule has 0 radical (unpaired) electrons. The largest absolute Gasteiger partial charge is 0.384 e. The second-order valence-corrected chi connectivity index (χ2v) is 6.47. The van der Waals surface area contributed by atoms with E-state index in [2.05, 4.69) is 44.3 Å². The van der Waals surface area contributed by atoms with Gasteiger partial charge in [-0.15, -0.1) is 0 Å². The van der Waals surface area contributed by atoms with Gasteiger partial charge in [0, 0.05) is 31.7 Å². The molecule has 1 fully saturated rings. The van der Waals surface area contributed by atoms with Crippen LogP contribution in [0.3, 0.4) is 0 Å². The molecule has 0 aromatic heterocycles. The summed E-state index contributed by atoms with van der Waals surface area (Å²) in [6, 6.07) is 8.32. The van der Waals surface area contributed by atoms with Gasteiger partial charge < -0.3 is 15.0 Å². The molecule has 0 atom stereocenters. The third-order valence-electron chi connectivity index (χ3n) is 3.75. The fourth-order valence-corrected chi connectivity index (χ4v) is 2.57. The first-order chi connectivity index (χ1) is 9.98. The molecule has 0 bridgehead atoms. The Morgan fingerprint density at radius 3 is 2.57 bits per heavy atom. The Morgan fingerprint density at radius 2 is 1.90 bits per heavy atom. The Labute approximate surface area is 127 Å². The highest BCUT2D eigenvalue weighted by Crippen LogP contribution is 2.29. The minimum atomic E-state index is 0.0951. The molecule has 116 valence electrons. The lowest BCUT2D eigenvalue weighted by molar-refractivity contribution is -0.134. The topological polar surface area (TPSA) is 41.6 Å². The zero-order valence-corrected chi connectivity index (χ0v) is 13.3. The molecule has 1 aliphatic heterocycles. The number of hydrogen-bond acceptors (Lipinski definition) is 3. The first kappa shape index (κ1) is 15.8. The molecule has 1 saturated heterocycles. The third kappa shape index (κ3) is 4.46. The van der Waals surface area contributed by atoms with Crippen LogP contribution in [-0.2, 0) is 14.9 Å². The van der Waals surface area contributed by atoms with E-state index in [9.17, 15) is 4.79 Å². The van der Waals surface area contributed by atoms with Crippen molar-refractivity contribution in [3.05, 3.63) is 29.8 Å². The number of morpholine rings is 1. The lowest BCUT2D eigenvalue weighted by atomic mass is 9.86. The minimum Gasteiger partial charge on any atom is -0.384 e. The van der Waals surface area contributed by atoms with Crippen LogP contribution >= 0.6 is 0 Å². The van der Waals surface area contributed by atoms with Gasteiger partial charge in [-0.2, -0.15) is 0 Å². The predicted octanol–water partition coefficient (Wildman–Crippen LogP) is 2.64. The number of amides is 1. The second-order valence-electron chi connectivity index (χ2n) is 6.47. The van der Waals surface area contributed by atoms with Crippen LogP contribution in [0.4, 0.5) is 5.69 Å². The van der Waals surface area contributed by atoms with E-state index in [1.54, 1.807) is 0 Å². The van der Waals surface area contributed by atoms with Crippen LogP contribution in [0, 0.1) is 0 Å². The van der Waals surface area contributed by atoms with E-state index in [1.807, 2.05) is 11.0 Å². The van der Waals surface area contributed by atoms with Crippen molar-refractivity contribution in [2.45, 2.75) is 32.6 Å². The van der Waals surface area contributed by atoms with Crippen molar-refractivity contribution >= 4 is 11.6 Å². The molecule has 0 unspecified atom stereocenters. The van der Waals surface area contributed by atoms with Crippen LogP contribution in [0.5, 0.6) is 0 Å². The van der Waals surface area contributed by atoms with Crippen LogP contribution in [-0.4, -0.2) is 43.7 Å². The Bertz CT molecular complexity index is 474. The highest BCUT2D eigenvalue weighted by Gasteiger charge is 2.18. The van der Waals surface area contributed by atoms with E-state index in [4.69, 9.17) is 4.74 Å².